The van der Waals surface area contributed by atoms with Crippen LogP contribution in [0.3, 0.4) is 0 Å². The molecule has 0 aliphatic rings. The molecule has 124 valence electrons. The average Bonchev–Trinajstić information content (AvgIpc) is 2.53. The summed E-state index contributed by atoms with van der Waals surface area (Å²) < 4.78 is 0. The number of benzene rings is 2. The summed E-state index contributed by atoms with van der Waals surface area (Å²) in [6, 6.07) is 7.26. The van der Waals surface area contributed by atoms with Crippen LogP contribution in [0.5, 0.6) is 0 Å². The highest BCUT2D eigenvalue weighted by Crippen LogP contribution is 2.34. The maximum absolute atomic E-state index is 7.11. The molecule has 4 nitrogen and oxygen atoms in total. The largest absolute Gasteiger partial charge is 0.527 e. The maximum atomic E-state index is 7.11. The molecule has 6 heteroatoms. The fraction of sp³-hybridized carbons (Fsp3) is 0.158. The van der Waals surface area contributed by atoms with Crippen molar-refractivity contribution in [1.29, 1.82) is 0 Å². The van der Waals surface area contributed by atoms with Crippen LogP contribution < -0.4 is 10.4 Å². The van der Waals surface area contributed by atoms with Crippen molar-refractivity contribution >= 4 is 40.9 Å². The second kappa shape index (κ2) is 7.94. The molecule has 0 fully saturated rings. The Morgan fingerprint density at radius 1 is 0.960 bits per heavy atom. The van der Waals surface area contributed by atoms with E-state index in [0.29, 0.717) is 21.0 Å². The summed E-state index contributed by atoms with van der Waals surface area (Å²) in [5.41, 5.74) is 3.06. The number of aryl methyl sites for hydroxylation is 3. The summed E-state index contributed by atoms with van der Waals surface area (Å²) in [5, 5.41) is 10.5. The van der Waals surface area contributed by atoms with Gasteiger partial charge in [-0.25, -0.2) is 0 Å². The molecule has 0 bridgehead atoms. The van der Waals surface area contributed by atoms with Gasteiger partial charge in [0.05, 0.1) is 21.5 Å². The van der Waals surface area contributed by atoms with E-state index < -0.39 is 0 Å². The average molecular weight is 369 g/mol. The van der Waals surface area contributed by atoms with E-state index in [9.17, 15) is 0 Å². The predicted octanol–water partition coefficient (Wildman–Crippen LogP) is 5.34. The first-order valence-corrected chi connectivity index (χ1v) is 8.06. The lowest BCUT2D eigenvalue weighted by Crippen LogP contribution is -2.18. The Kier molecular flexibility index (Phi) is 5.93. The van der Waals surface area contributed by atoms with Crippen LogP contribution in [0.1, 0.15) is 16.7 Å². The number of azo groups is 1. The SMILES string of the molecule is [C-]#[N+]C([N+]#[C-])=c1c(C)cc(=CN=Nc2c(Cl)cc(C)cc2Cl)cc1C. The van der Waals surface area contributed by atoms with Crippen LogP contribution >= 0.6 is 23.2 Å². The van der Waals surface area contributed by atoms with E-state index in [1.54, 1.807) is 18.3 Å². The topological polar surface area (TPSA) is 33.4 Å². The smallest absolute Gasteiger partial charge is 0.158 e. The van der Waals surface area contributed by atoms with Gasteiger partial charge in [0.2, 0.25) is 0 Å². The molecule has 0 aromatic heterocycles. The zero-order valence-electron chi connectivity index (χ0n) is 13.9. The number of hydrogen-bond donors (Lipinski definition) is 0. The van der Waals surface area contributed by atoms with Crippen LogP contribution in [-0.4, -0.2) is 0 Å². The molecule has 25 heavy (non-hydrogen) atoms. The van der Waals surface area contributed by atoms with Crippen LogP contribution in [0.4, 0.5) is 5.69 Å². The third-order valence-corrected chi connectivity index (χ3v) is 4.09. The zero-order valence-corrected chi connectivity index (χ0v) is 15.4. The number of halogens is 2. The quantitative estimate of drug-likeness (QED) is 0.506. The summed E-state index contributed by atoms with van der Waals surface area (Å²) in [6.07, 6.45) is 1.59. The maximum Gasteiger partial charge on any atom is 0.527 e. The van der Waals surface area contributed by atoms with Crippen LogP contribution in [0.2, 0.25) is 10.0 Å². The van der Waals surface area contributed by atoms with Crippen molar-refractivity contribution in [2.45, 2.75) is 20.8 Å². The Balaban J connectivity index is 2.51. The second-order valence-electron chi connectivity index (χ2n) is 5.50. The van der Waals surface area contributed by atoms with E-state index in [0.717, 1.165) is 21.9 Å². The molecule has 0 unspecified atom stereocenters. The van der Waals surface area contributed by atoms with Crippen LogP contribution in [0, 0.1) is 33.9 Å². The number of nitrogens with zero attached hydrogens (tertiary/aromatic N) is 4. The lowest BCUT2D eigenvalue weighted by Gasteiger charge is -2.01. The van der Waals surface area contributed by atoms with E-state index in [2.05, 4.69) is 19.9 Å². The summed E-state index contributed by atoms with van der Waals surface area (Å²) >= 11 is 12.3. The van der Waals surface area contributed by atoms with Gasteiger partial charge >= 0.3 is 5.82 Å². The van der Waals surface area contributed by atoms with Gasteiger partial charge in [0.1, 0.15) is 18.8 Å². The van der Waals surface area contributed by atoms with Crippen LogP contribution in [0.15, 0.2) is 34.5 Å². The Morgan fingerprint density at radius 3 is 1.96 bits per heavy atom. The van der Waals surface area contributed by atoms with Gasteiger partial charge < -0.3 is 0 Å². The minimum atomic E-state index is 0.0707. The molecule has 0 heterocycles. The van der Waals surface area contributed by atoms with E-state index in [-0.39, 0.29) is 5.82 Å². The third-order valence-electron chi connectivity index (χ3n) is 3.52. The van der Waals surface area contributed by atoms with E-state index in [1.165, 1.54) is 0 Å². The van der Waals surface area contributed by atoms with Crippen molar-refractivity contribution in [3.05, 3.63) is 84.3 Å². The summed E-state index contributed by atoms with van der Waals surface area (Å²) in [4.78, 5) is 6.57. The fourth-order valence-electron chi connectivity index (χ4n) is 2.50. The molecule has 0 aliphatic carbocycles. The lowest BCUT2D eigenvalue weighted by atomic mass is 10.1. The Bertz CT molecular complexity index is 1000. The highest BCUT2D eigenvalue weighted by atomic mass is 35.5. The standard InChI is InChI=1S/C19H14Cl2N4/c1-11-6-15(20)18(16(21)7-11)25-24-10-14-8-12(2)17(13(3)9-14)19(22-4)23-5/h6-10H,1-3H3. The molecule has 2 aromatic carbocycles. The van der Waals surface area contributed by atoms with Gasteiger partial charge in [0.25, 0.3) is 0 Å². The van der Waals surface area contributed by atoms with Gasteiger partial charge in [0, 0.05) is 0 Å². The molecule has 0 radical (unpaired) electrons. The first-order valence-electron chi connectivity index (χ1n) is 7.30. The monoisotopic (exact) mass is 368 g/mol. The lowest BCUT2D eigenvalue weighted by molar-refractivity contribution is 1.25. The van der Waals surface area contributed by atoms with E-state index in [1.807, 2.05) is 32.9 Å². The van der Waals surface area contributed by atoms with Crippen LogP contribution in [0.25, 0.3) is 21.7 Å². The van der Waals surface area contributed by atoms with Crippen molar-refractivity contribution in [3.8, 4) is 0 Å². The molecular weight excluding hydrogens is 355 g/mol. The molecule has 2 rings (SSSR count). The van der Waals surface area contributed by atoms with Gasteiger partial charge in [-0.2, -0.15) is 14.8 Å². The third kappa shape index (κ3) is 4.25. The fourth-order valence-corrected chi connectivity index (χ4v) is 3.17. The summed E-state index contributed by atoms with van der Waals surface area (Å²) in [5.74, 6) is 0.0707. The highest BCUT2D eigenvalue weighted by Gasteiger charge is 2.09. The van der Waals surface area contributed by atoms with Gasteiger partial charge in [0.15, 0.2) is 0 Å². The molecule has 0 aliphatic heterocycles. The van der Waals surface area contributed by atoms with Gasteiger partial charge in [-0.05, 0) is 54.8 Å². The first-order chi connectivity index (χ1) is 11.9. The minimum Gasteiger partial charge on any atom is -0.158 e. The van der Waals surface area contributed by atoms with Crippen molar-refractivity contribution in [3.63, 3.8) is 0 Å². The Morgan fingerprint density at radius 2 is 1.48 bits per heavy atom. The van der Waals surface area contributed by atoms with Gasteiger partial charge in [-0.15, -0.1) is 5.11 Å². The molecule has 0 N–H and O–H groups in total. The Labute approximate surface area is 156 Å². The van der Waals surface area contributed by atoms with Crippen molar-refractivity contribution < 1.29 is 0 Å². The molecule has 0 amide bonds. The molecule has 0 saturated heterocycles. The van der Waals surface area contributed by atoms with Crippen molar-refractivity contribution in [1.82, 2.24) is 0 Å². The van der Waals surface area contributed by atoms with Crippen molar-refractivity contribution in [2.75, 3.05) is 0 Å². The normalized spacial score (nSPS) is 10.4. The Hall–Kier alpha value is -2.66. The van der Waals surface area contributed by atoms with Gasteiger partial charge in [-0.1, -0.05) is 35.3 Å². The first kappa shape index (κ1) is 18.7. The zero-order chi connectivity index (χ0) is 18.6. The molecule has 2 aromatic rings. The minimum absolute atomic E-state index is 0.0707. The van der Waals surface area contributed by atoms with Crippen molar-refractivity contribution in [2.24, 2.45) is 10.2 Å². The molecule has 0 saturated carbocycles. The number of hydrogen-bond acceptors (Lipinski definition) is 2. The number of rotatable bonds is 2. The predicted molar refractivity (Wildman–Crippen MR) is 102 cm³/mol. The van der Waals surface area contributed by atoms with Crippen LogP contribution in [-0.2, 0) is 0 Å². The molecule has 0 spiro atoms. The molecular formula is C19H14Cl2N4. The summed E-state index contributed by atoms with van der Waals surface area (Å²) in [7, 11) is 0. The highest BCUT2D eigenvalue weighted by molar-refractivity contribution is 6.38. The van der Waals surface area contributed by atoms with E-state index in [4.69, 9.17) is 36.3 Å². The van der Waals surface area contributed by atoms with Gasteiger partial charge in [-0.3, -0.25) is 0 Å². The second-order valence-corrected chi connectivity index (χ2v) is 6.31. The summed E-state index contributed by atoms with van der Waals surface area (Å²) in [6.45, 7) is 19.8. The van der Waals surface area contributed by atoms with E-state index >= 15 is 0 Å². The molecule has 0 atom stereocenters.